The van der Waals surface area contributed by atoms with Gasteiger partial charge in [-0.2, -0.15) is 0 Å². The van der Waals surface area contributed by atoms with E-state index >= 15 is 0 Å². The third kappa shape index (κ3) is 2.95. The number of fused-ring (bicyclic) bond motifs is 1. The number of hydrogen-bond acceptors (Lipinski definition) is 3. The van der Waals surface area contributed by atoms with Crippen molar-refractivity contribution in [3.63, 3.8) is 0 Å². The monoisotopic (exact) mass is 322 g/mol. The minimum atomic E-state index is -0.506. The normalized spacial score (nSPS) is 24.7. The van der Waals surface area contributed by atoms with Crippen molar-refractivity contribution in [2.75, 3.05) is 13.1 Å². The number of rotatable bonds is 2. The van der Waals surface area contributed by atoms with Crippen molar-refractivity contribution in [2.24, 2.45) is 11.8 Å². The van der Waals surface area contributed by atoms with Gasteiger partial charge in [0.05, 0.1) is 15.5 Å². The summed E-state index contributed by atoms with van der Waals surface area (Å²) in [6.07, 6.45) is 6.10. The molecule has 1 saturated heterocycles. The summed E-state index contributed by atoms with van der Waals surface area (Å²) in [6, 6.07) is 4.06. The molecule has 0 unspecified atom stereocenters. The number of nitro benzene ring substituents is 1. The molecule has 2 atom stereocenters. The van der Waals surface area contributed by atoms with Gasteiger partial charge in [-0.15, -0.1) is 0 Å². The molecule has 1 aliphatic heterocycles. The summed E-state index contributed by atoms with van der Waals surface area (Å²) in [6.45, 7) is 1.55. The Bertz CT molecular complexity index is 605. The summed E-state index contributed by atoms with van der Waals surface area (Å²) in [5.74, 6) is 1.25. The quantitative estimate of drug-likeness (QED) is 0.612. The fraction of sp³-hybridized carbons (Fsp3) is 0.562. The molecule has 0 N–H and O–H groups in total. The number of amides is 1. The zero-order valence-electron chi connectivity index (χ0n) is 12.3. The second kappa shape index (κ2) is 6.24. The van der Waals surface area contributed by atoms with E-state index in [1.54, 1.807) is 0 Å². The van der Waals surface area contributed by atoms with Crippen LogP contribution in [-0.2, 0) is 0 Å². The van der Waals surface area contributed by atoms with Crippen LogP contribution in [0.3, 0.4) is 0 Å². The van der Waals surface area contributed by atoms with Gasteiger partial charge in [0.25, 0.3) is 11.6 Å². The molecule has 0 aromatic heterocycles. The van der Waals surface area contributed by atoms with Crippen molar-refractivity contribution in [3.05, 3.63) is 38.9 Å². The molecule has 0 radical (unpaired) electrons. The summed E-state index contributed by atoms with van der Waals surface area (Å²) in [4.78, 5) is 24.7. The molecule has 1 amide bonds. The lowest BCUT2D eigenvalue weighted by Crippen LogP contribution is -2.44. The van der Waals surface area contributed by atoms with E-state index in [0.29, 0.717) is 11.5 Å². The lowest BCUT2D eigenvalue weighted by molar-refractivity contribution is -0.384. The Labute approximate surface area is 134 Å². The van der Waals surface area contributed by atoms with Gasteiger partial charge in [0.1, 0.15) is 0 Å². The van der Waals surface area contributed by atoms with Crippen molar-refractivity contribution < 1.29 is 9.72 Å². The lowest BCUT2D eigenvalue weighted by Gasteiger charge is -2.41. The van der Waals surface area contributed by atoms with Gasteiger partial charge in [-0.1, -0.05) is 30.9 Å². The molecular formula is C16H19ClN2O3. The van der Waals surface area contributed by atoms with Crippen molar-refractivity contribution in [2.45, 2.75) is 32.1 Å². The highest BCUT2D eigenvalue weighted by Crippen LogP contribution is 2.36. The average Bonchev–Trinajstić information content (AvgIpc) is 2.53. The second-order valence-corrected chi connectivity index (χ2v) is 6.67. The molecule has 118 valence electrons. The number of nitrogens with zero attached hydrogens (tertiary/aromatic N) is 2. The molecule has 3 rings (SSSR count). The molecular weight excluding hydrogens is 304 g/mol. The Hall–Kier alpha value is -1.62. The lowest BCUT2D eigenvalue weighted by atomic mass is 9.75. The van der Waals surface area contributed by atoms with E-state index in [1.165, 1.54) is 43.9 Å². The molecule has 5 nitrogen and oxygen atoms in total. The van der Waals surface area contributed by atoms with E-state index in [0.717, 1.165) is 25.4 Å². The van der Waals surface area contributed by atoms with Crippen molar-refractivity contribution >= 4 is 23.2 Å². The van der Waals surface area contributed by atoms with E-state index in [2.05, 4.69) is 0 Å². The third-order valence-corrected chi connectivity index (χ3v) is 5.29. The summed E-state index contributed by atoms with van der Waals surface area (Å²) in [7, 11) is 0. The standard InChI is InChI=1S/C16H19ClN2O3/c17-15-9-13(19(21)22)5-6-14(15)16(20)18-8-7-11-3-1-2-4-12(11)10-18/h5-6,9,11-12H,1-4,7-8,10H2/t11-,12+/m0/s1. The summed E-state index contributed by atoms with van der Waals surface area (Å²) in [5, 5.41) is 10.9. The Morgan fingerprint density at radius 2 is 1.95 bits per heavy atom. The second-order valence-electron chi connectivity index (χ2n) is 6.27. The maximum Gasteiger partial charge on any atom is 0.270 e. The minimum Gasteiger partial charge on any atom is -0.338 e. The maximum absolute atomic E-state index is 12.6. The maximum atomic E-state index is 12.6. The van der Waals surface area contributed by atoms with Crippen molar-refractivity contribution in [1.82, 2.24) is 4.90 Å². The highest BCUT2D eigenvalue weighted by molar-refractivity contribution is 6.34. The molecule has 2 aliphatic rings. The number of carbonyl (C=O) groups excluding carboxylic acids is 1. The highest BCUT2D eigenvalue weighted by Gasteiger charge is 2.33. The largest absolute Gasteiger partial charge is 0.338 e. The van der Waals surface area contributed by atoms with Crippen LogP contribution in [0.2, 0.25) is 5.02 Å². The fourth-order valence-electron chi connectivity index (χ4n) is 3.75. The van der Waals surface area contributed by atoms with E-state index in [4.69, 9.17) is 11.6 Å². The number of halogens is 1. The van der Waals surface area contributed by atoms with Crippen LogP contribution in [-0.4, -0.2) is 28.8 Å². The number of likely N-dealkylation sites (tertiary alicyclic amines) is 1. The molecule has 0 spiro atoms. The summed E-state index contributed by atoms with van der Waals surface area (Å²) < 4.78 is 0. The van der Waals surface area contributed by atoms with Gasteiger partial charge in [-0.25, -0.2) is 0 Å². The van der Waals surface area contributed by atoms with Gasteiger partial charge in [0.2, 0.25) is 0 Å². The van der Waals surface area contributed by atoms with E-state index in [-0.39, 0.29) is 16.6 Å². The van der Waals surface area contributed by atoms with Crippen LogP contribution >= 0.6 is 11.6 Å². The minimum absolute atomic E-state index is 0.0902. The van der Waals surface area contributed by atoms with Gasteiger partial charge < -0.3 is 4.90 Å². The van der Waals surface area contributed by atoms with Gasteiger partial charge in [-0.05, 0) is 30.7 Å². The highest BCUT2D eigenvalue weighted by atomic mass is 35.5. The van der Waals surface area contributed by atoms with Gasteiger partial charge in [0.15, 0.2) is 0 Å². The van der Waals surface area contributed by atoms with Crippen LogP contribution in [0.15, 0.2) is 18.2 Å². The van der Waals surface area contributed by atoms with E-state index in [9.17, 15) is 14.9 Å². The fourth-order valence-corrected chi connectivity index (χ4v) is 4.00. The molecule has 1 heterocycles. The molecule has 2 fully saturated rings. The summed E-state index contributed by atoms with van der Waals surface area (Å²) in [5.41, 5.74) is 0.272. The predicted molar refractivity (Wildman–Crippen MR) is 84.1 cm³/mol. The molecule has 0 bridgehead atoms. The van der Waals surface area contributed by atoms with E-state index in [1.807, 2.05) is 4.90 Å². The number of benzene rings is 1. The average molecular weight is 323 g/mol. The van der Waals surface area contributed by atoms with Crippen LogP contribution in [0.1, 0.15) is 42.5 Å². The number of nitro groups is 1. The van der Waals surface area contributed by atoms with Gasteiger partial charge >= 0.3 is 0 Å². The number of non-ortho nitro benzene ring substituents is 1. The summed E-state index contributed by atoms with van der Waals surface area (Å²) >= 11 is 6.07. The van der Waals surface area contributed by atoms with Crippen molar-refractivity contribution in [3.8, 4) is 0 Å². The molecule has 22 heavy (non-hydrogen) atoms. The Morgan fingerprint density at radius 3 is 2.64 bits per heavy atom. The zero-order chi connectivity index (χ0) is 15.7. The predicted octanol–water partition coefficient (Wildman–Crippen LogP) is 3.90. The van der Waals surface area contributed by atoms with Crippen LogP contribution in [0.25, 0.3) is 0 Å². The van der Waals surface area contributed by atoms with E-state index < -0.39 is 4.92 Å². The zero-order valence-corrected chi connectivity index (χ0v) is 13.1. The number of hydrogen-bond donors (Lipinski definition) is 0. The van der Waals surface area contributed by atoms with Gasteiger partial charge in [-0.3, -0.25) is 14.9 Å². The first-order valence-electron chi connectivity index (χ1n) is 7.79. The smallest absolute Gasteiger partial charge is 0.270 e. The van der Waals surface area contributed by atoms with Crippen molar-refractivity contribution in [1.29, 1.82) is 0 Å². The number of carbonyl (C=O) groups is 1. The molecule has 1 aliphatic carbocycles. The van der Waals surface area contributed by atoms with Crippen LogP contribution in [0.5, 0.6) is 0 Å². The molecule has 1 saturated carbocycles. The van der Waals surface area contributed by atoms with Crippen LogP contribution in [0, 0.1) is 22.0 Å². The Balaban J connectivity index is 1.75. The SMILES string of the molecule is O=C(c1ccc([N+](=O)[O-])cc1Cl)N1CC[C@@H]2CCCC[C@@H]2C1. The Kier molecular flexibility index (Phi) is 4.34. The first-order valence-corrected chi connectivity index (χ1v) is 8.17. The third-order valence-electron chi connectivity index (χ3n) is 4.97. The van der Waals surface area contributed by atoms with Crippen LogP contribution < -0.4 is 0 Å². The first kappa shape index (κ1) is 15.3. The molecule has 6 heteroatoms. The Morgan fingerprint density at radius 1 is 1.23 bits per heavy atom. The topological polar surface area (TPSA) is 63.4 Å². The first-order chi connectivity index (χ1) is 10.6. The number of piperidine rings is 1. The van der Waals surface area contributed by atoms with Gasteiger partial charge in [0, 0.05) is 25.2 Å². The van der Waals surface area contributed by atoms with Crippen LogP contribution in [0.4, 0.5) is 5.69 Å². The molecule has 1 aromatic carbocycles. The molecule has 1 aromatic rings.